The van der Waals surface area contributed by atoms with Crippen molar-refractivity contribution in [3.63, 3.8) is 0 Å². The van der Waals surface area contributed by atoms with Gasteiger partial charge in [-0.05, 0) is 48.9 Å². The maximum absolute atomic E-state index is 5.75. The molecule has 0 amide bonds. The second-order valence-electron chi connectivity index (χ2n) is 5.60. The number of rotatable bonds is 3. The molecule has 2 aromatic rings. The van der Waals surface area contributed by atoms with Crippen LogP contribution in [-0.4, -0.2) is 32.3 Å². The molecule has 3 rings (SSSR count). The topological polar surface area (TPSA) is 24.5 Å². The van der Waals surface area contributed by atoms with Crippen LogP contribution in [0.3, 0.4) is 0 Å². The monoisotopic (exact) mass is 270 g/mol. The number of nitrogens with one attached hydrogen (secondary N) is 1. The van der Waals surface area contributed by atoms with E-state index in [1.54, 1.807) is 0 Å². The van der Waals surface area contributed by atoms with Crippen molar-refractivity contribution in [3.8, 4) is 5.75 Å². The zero-order valence-corrected chi connectivity index (χ0v) is 12.2. The summed E-state index contributed by atoms with van der Waals surface area (Å²) in [5.74, 6) is 0.947. The molecule has 106 valence electrons. The van der Waals surface area contributed by atoms with Gasteiger partial charge in [-0.25, -0.2) is 0 Å². The van der Waals surface area contributed by atoms with Crippen LogP contribution < -0.4 is 15.0 Å². The van der Waals surface area contributed by atoms with E-state index in [1.807, 2.05) is 0 Å². The number of anilines is 1. The fraction of sp³-hybridized carbons (Fsp3) is 0.412. The molecule has 0 saturated carbocycles. The van der Waals surface area contributed by atoms with Crippen molar-refractivity contribution in [2.75, 3.05) is 31.1 Å². The summed E-state index contributed by atoms with van der Waals surface area (Å²) >= 11 is 0. The van der Waals surface area contributed by atoms with Gasteiger partial charge in [-0.1, -0.05) is 12.1 Å². The van der Waals surface area contributed by atoms with E-state index in [-0.39, 0.29) is 6.10 Å². The molecule has 1 N–H and O–H groups in total. The summed E-state index contributed by atoms with van der Waals surface area (Å²) in [5.41, 5.74) is 1.32. The molecule has 1 aliphatic rings. The van der Waals surface area contributed by atoms with Gasteiger partial charge in [0.15, 0.2) is 0 Å². The molecular weight excluding hydrogens is 248 g/mol. The van der Waals surface area contributed by atoms with Gasteiger partial charge in [0, 0.05) is 31.9 Å². The van der Waals surface area contributed by atoms with Gasteiger partial charge in [0.2, 0.25) is 0 Å². The molecule has 1 saturated heterocycles. The van der Waals surface area contributed by atoms with Crippen molar-refractivity contribution in [2.45, 2.75) is 20.0 Å². The summed E-state index contributed by atoms with van der Waals surface area (Å²) in [7, 11) is 0. The Balaban J connectivity index is 1.87. The number of nitrogens with zero attached hydrogens (tertiary/aromatic N) is 1. The van der Waals surface area contributed by atoms with E-state index >= 15 is 0 Å². The fourth-order valence-corrected chi connectivity index (χ4v) is 2.68. The number of fused-ring (bicyclic) bond motifs is 1. The average Bonchev–Trinajstić information content (AvgIpc) is 2.47. The second kappa shape index (κ2) is 5.71. The molecule has 0 atom stereocenters. The molecule has 0 spiro atoms. The highest BCUT2D eigenvalue weighted by Crippen LogP contribution is 2.26. The number of hydrogen-bond acceptors (Lipinski definition) is 3. The normalized spacial score (nSPS) is 15.8. The highest BCUT2D eigenvalue weighted by atomic mass is 16.5. The van der Waals surface area contributed by atoms with Crippen LogP contribution in [0.1, 0.15) is 13.8 Å². The van der Waals surface area contributed by atoms with Crippen LogP contribution in [-0.2, 0) is 0 Å². The summed E-state index contributed by atoms with van der Waals surface area (Å²) in [6.45, 7) is 8.41. The smallest absolute Gasteiger partial charge is 0.120 e. The Hall–Kier alpha value is -1.74. The Kier molecular flexibility index (Phi) is 3.79. The molecule has 0 radical (unpaired) electrons. The minimum atomic E-state index is 0.215. The number of hydrogen-bond donors (Lipinski definition) is 1. The number of benzene rings is 2. The minimum absolute atomic E-state index is 0.215. The van der Waals surface area contributed by atoms with Gasteiger partial charge in [-0.2, -0.15) is 0 Å². The largest absolute Gasteiger partial charge is 0.491 e. The lowest BCUT2D eigenvalue weighted by Crippen LogP contribution is -2.43. The standard InChI is InChI=1S/C17H22N2O/c1-13(2)20-17-6-4-14-11-16(5-3-15(14)12-17)19-9-7-18-8-10-19/h3-6,11-13,18H,7-10H2,1-2H3. The van der Waals surface area contributed by atoms with Gasteiger partial charge in [-0.3, -0.25) is 0 Å². The molecule has 0 aliphatic carbocycles. The SMILES string of the molecule is CC(C)Oc1ccc2cc(N3CCNCC3)ccc2c1. The van der Waals surface area contributed by atoms with Crippen LogP contribution in [0.4, 0.5) is 5.69 Å². The van der Waals surface area contributed by atoms with Gasteiger partial charge >= 0.3 is 0 Å². The molecular formula is C17H22N2O. The summed E-state index contributed by atoms with van der Waals surface area (Å²) in [6, 6.07) is 13.0. The van der Waals surface area contributed by atoms with E-state index < -0.39 is 0 Å². The first-order chi connectivity index (χ1) is 9.72. The quantitative estimate of drug-likeness (QED) is 0.928. The van der Waals surface area contributed by atoms with Crippen LogP contribution in [0, 0.1) is 0 Å². The van der Waals surface area contributed by atoms with E-state index in [0.29, 0.717) is 0 Å². The predicted molar refractivity (Wildman–Crippen MR) is 84.8 cm³/mol. The molecule has 1 heterocycles. The van der Waals surface area contributed by atoms with Crippen molar-refractivity contribution in [2.24, 2.45) is 0 Å². The molecule has 3 nitrogen and oxygen atoms in total. The summed E-state index contributed by atoms with van der Waals surface area (Å²) in [6.07, 6.45) is 0.215. The molecule has 3 heteroatoms. The lowest BCUT2D eigenvalue weighted by Gasteiger charge is -2.29. The third-order valence-electron chi connectivity index (χ3n) is 3.65. The molecule has 0 bridgehead atoms. The van der Waals surface area contributed by atoms with Crippen LogP contribution in [0.15, 0.2) is 36.4 Å². The van der Waals surface area contributed by atoms with Gasteiger partial charge < -0.3 is 15.0 Å². The summed E-state index contributed by atoms with van der Waals surface area (Å²) < 4.78 is 5.75. The van der Waals surface area contributed by atoms with Crippen LogP contribution in [0.2, 0.25) is 0 Å². The summed E-state index contributed by atoms with van der Waals surface area (Å²) in [4.78, 5) is 2.44. The Morgan fingerprint density at radius 1 is 1.00 bits per heavy atom. The van der Waals surface area contributed by atoms with Crippen LogP contribution in [0.5, 0.6) is 5.75 Å². The van der Waals surface area contributed by atoms with E-state index in [2.05, 4.69) is 60.5 Å². The first-order valence-electron chi connectivity index (χ1n) is 7.38. The zero-order chi connectivity index (χ0) is 13.9. The Labute approximate surface area is 120 Å². The van der Waals surface area contributed by atoms with E-state index in [0.717, 1.165) is 31.9 Å². The molecule has 20 heavy (non-hydrogen) atoms. The van der Waals surface area contributed by atoms with Crippen molar-refractivity contribution in [1.82, 2.24) is 5.32 Å². The molecule has 0 aromatic heterocycles. The third-order valence-corrected chi connectivity index (χ3v) is 3.65. The van der Waals surface area contributed by atoms with Crippen molar-refractivity contribution < 1.29 is 4.74 Å². The fourth-order valence-electron chi connectivity index (χ4n) is 2.68. The third kappa shape index (κ3) is 2.88. The number of piperazine rings is 1. The highest BCUT2D eigenvalue weighted by molar-refractivity contribution is 5.87. The second-order valence-corrected chi connectivity index (χ2v) is 5.60. The first kappa shape index (κ1) is 13.3. The van der Waals surface area contributed by atoms with E-state index in [1.165, 1.54) is 16.5 Å². The van der Waals surface area contributed by atoms with E-state index in [4.69, 9.17) is 4.74 Å². The predicted octanol–water partition coefficient (Wildman–Crippen LogP) is 3.04. The lowest BCUT2D eigenvalue weighted by molar-refractivity contribution is 0.243. The van der Waals surface area contributed by atoms with Crippen LogP contribution in [0.25, 0.3) is 10.8 Å². The zero-order valence-electron chi connectivity index (χ0n) is 12.2. The minimum Gasteiger partial charge on any atom is -0.491 e. The van der Waals surface area contributed by atoms with Gasteiger partial charge in [0.05, 0.1) is 6.10 Å². The maximum Gasteiger partial charge on any atom is 0.120 e. The van der Waals surface area contributed by atoms with E-state index in [9.17, 15) is 0 Å². The molecule has 2 aromatic carbocycles. The molecule has 1 aliphatic heterocycles. The molecule has 0 unspecified atom stereocenters. The molecule has 1 fully saturated rings. The summed E-state index contributed by atoms with van der Waals surface area (Å²) in [5, 5.41) is 5.90. The Morgan fingerprint density at radius 3 is 2.45 bits per heavy atom. The Morgan fingerprint density at radius 2 is 1.70 bits per heavy atom. The maximum atomic E-state index is 5.75. The van der Waals surface area contributed by atoms with Crippen molar-refractivity contribution in [3.05, 3.63) is 36.4 Å². The Bertz CT molecular complexity index is 589. The highest BCUT2D eigenvalue weighted by Gasteiger charge is 2.10. The van der Waals surface area contributed by atoms with Gasteiger partial charge in [-0.15, -0.1) is 0 Å². The van der Waals surface area contributed by atoms with Crippen LogP contribution >= 0.6 is 0 Å². The van der Waals surface area contributed by atoms with Crippen molar-refractivity contribution >= 4 is 16.5 Å². The number of ether oxygens (including phenoxy) is 1. The first-order valence-corrected chi connectivity index (χ1v) is 7.38. The van der Waals surface area contributed by atoms with Crippen molar-refractivity contribution in [1.29, 1.82) is 0 Å². The lowest BCUT2D eigenvalue weighted by atomic mass is 10.1. The van der Waals surface area contributed by atoms with Gasteiger partial charge in [0.1, 0.15) is 5.75 Å². The van der Waals surface area contributed by atoms with Gasteiger partial charge in [0.25, 0.3) is 0 Å². The average molecular weight is 270 g/mol.